The van der Waals surface area contributed by atoms with Crippen molar-refractivity contribution in [1.29, 1.82) is 0 Å². The SMILES string of the molecule is CC(=O)Nc1ccccc1OCC(O)CN(C)CCc1ccccc1. The van der Waals surface area contributed by atoms with Crippen LogP contribution in [0.1, 0.15) is 12.5 Å². The van der Waals surface area contributed by atoms with Crippen LogP contribution in [0.3, 0.4) is 0 Å². The standard InChI is InChI=1S/C20H26N2O3/c1-16(23)21-19-10-6-7-11-20(19)25-15-18(24)14-22(2)13-12-17-8-4-3-5-9-17/h3-11,18,24H,12-15H2,1-2H3,(H,21,23). The number of aliphatic hydroxyl groups excluding tert-OH is 1. The number of anilines is 1. The third-order valence-corrected chi connectivity index (χ3v) is 3.78. The molecule has 0 saturated carbocycles. The lowest BCUT2D eigenvalue weighted by Gasteiger charge is -2.21. The van der Waals surface area contributed by atoms with Crippen molar-refractivity contribution in [3.05, 3.63) is 60.2 Å². The zero-order valence-corrected chi connectivity index (χ0v) is 14.8. The van der Waals surface area contributed by atoms with Crippen molar-refractivity contribution >= 4 is 11.6 Å². The Kier molecular flexibility index (Phi) is 7.44. The van der Waals surface area contributed by atoms with Gasteiger partial charge in [0.25, 0.3) is 0 Å². The number of hydrogen-bond acceptors (Lipinski definition) is 4. The van der Waals surface area contributed by atoms with Gasteiger partial charge in [-0.25, -0.2) is 0 Å². The van der Waals surface area contributed by atoms with Crippen molar-refractivity contribution in [2.45, 2.75) is 19.4 Å². The summed E-state index contributed by atoms with van der Waals surface area (Å²) >= 11 is 0. The normalized spacial score (nSPS) is 12.0. The highest BCUT2D eigenvalue weighted by Crippen LogP contribution is 2.23. The van der Waals surface area contributed by atoms with Crippen LogP contribution in [0.4, 0.5) is 5.69 Å². The maximum absolute atomic E-state index is 11.2. The Morgan fingerprint density at radius 1 is 1.16 bits per heavy atom. The molecule has 0 aliphatic rings. The summed E-state index contributed by atoms with van der Waals surface area (Å²) in [6.07, 6.45) is 0.335. The van der Waals surface area contributed by atoms with Gasteiger partial charge in [0, 0.05) is 20.0 Å². The van der Waals surface area contributed by atoms with Gasteiger partial charge in [-0.15, -0.1) is 0 Å². The lowest BCUT2D eigenvalue weighted by atomic mass is 10.1. The van der Waals surface area contributed by atoms with Crippen molar-refractivity contribution in [2.75, 3.05) is 32.1 Å². The van der Waals surface area contributed by atoms with Gasteiger partial charge >= 0.3 is 0 Å². The predicted molar refractivity (Wildman–Crippen MR) is 99.9 cm³/mol. The predicted octanol–water partition coefficient (Wildman–Crippen LogP) is 2.56. The van der Waals surface area contributed by atoms with E-state index < -0.39 is 6.10 Å². The van der Waals surface area contributed by atoms with Gasteiger partial charge < -0.3 is 20.1 Å². The van der Waals surface area contributed by atoms with Crippen LogP contribution in [0.5, 0.6) is 5.75 Å². The first-order valence-corrected chi connectivity index (χ1v) is 8.44. The van der Waals surface area contributed by atoms with E-state index in [1.165, 1.54) is 12.5 Å². The van der Waals surface area contributed by atoms with E-state index in [0.717, 1.165) is 13.0 Å². The summed E-state index contributed by atoms with van der Waals surface area (Å²) in [5.41, 5.74) is 1.89. The first kappa shape index (κ1) is 19.0. The number of amides is 1. The highest BCUT2D eigenvalue weighted by atomic mass is 16.5. The molecule has 0 fully saturated rings. The lowest BCUT2D eigenvalue weighted by molar-refractivity contribution is -0.114. The summed E-state index contributed by atoms with van der Waals surface area (Å²) in [6.45, 7) is 3.01. The number of benzene rings is 2. The van der Waals surface area contributed by atoms with Crippen LogP contribution in [0, 0.1) is 0 Å². The van der Waals surface area contributed by atoms with Crippen LogP contribution in [0.2, 0.25) is 0 Å². The fraction of sp³-hybridized carbons (Fsp3) is 0.350. The maximum Gasteiger partial charge on any atom is 0.221 e. The van der Waals surface area contributed by atoms with E-state index in [4.69, 9.17) is 4.74 Å². The molecule has 5 heteroatoms. The molecule has 134 valence electrons. The Bertz CT molecular complexity index is 661. The molecule has 0 heterocycles. The lowest BCUT2D eigenvalue weighted by Crippen LogP contribution is -2.34. The van der Waals surface area contributed by atoms with Crippen LogP contribution >= 0.6 is 0 Å². The van der Waals surface area contributed by atoms with Crippen LogP contribution in [0.25, 0.3) is 0 Å². The van der Waals surface area contributed by atoms with Gasteiger partial charge in [0.2, 0.25) is 5.91 Å². The molecule has 0 bridgehead atoms. The fourth-order valence-electron chi connectivity index (χ4n) is 2.54. The van der Waals surface area contributed by atoms with Gasteiger partial charge in [0.05, 0.1) is 5.69 Å². The molecule has 0 spiro atoms. The Hall–Kier alpha value is -2.37. The number of carbonyl (C=O) groups is 1. The van der Waals surface area contributed by atoms with Gasteiger partial charge in [-0.05, 0) is 31.2 Å². The van der Waals surface area contributed by atoms with Gasteiger partial charge in [-0.1, -0.05) is 42.5 Å². The summed E-state index contributed by atoms with van der Waals surface area (Å²) in [5, 5.41) is 12.9. The van der Waals surface area contributed by atoms with E-state index in [2.05, 4.69) is 22.3 Å². The summed E-state index contributed by atoms with van der Waals surface area (Å²) in [4.78, 5) is 13.3. The van der Waals surface area contributed by atoms with E-state index >= 15 is 0 Å². The zero-order chi connectivity index (χ0) is 18.1. The second-order valence-corrected chi connectivity index (χ2v) is 6.14. The van der Waals surface area contributed by atoms with Gasteiger partial charge in [0.1, 0.15) is 18.5 Å². The number of aliphatic hydroxyl groups is 1. The van der Waals surface area contributed by atoms with Gasteiger partial charge in [-0.3, -0.25) is 4.79 Å². The molecular weight excluding hydrogens is 316 g/mol. The minimum Gasteiger partial charge on any atom is -0.489 e. The zero-order valence-electron chi connectivity index (χ0n) is 14.8. The highest BCUT2D eigenvalue weighted by molar-refractivity contribution is 5.90. The third kappa shape index (κ3) is 6.95. The molecule has 25 heavy (non-hydrogen) atoms. The number of nitrogens with zero attached hydrogens (tertiary/aromatic N) is 1. The third-order valence-electron chi connectivity index (χ3n) is 3.78. The number of nitrogens with one attached hydrogen (secondary N) is 1. The Balaban J connectivity index is 1.76. The maximum atomic E-state index is 11.2. The number of hydrogen-bond donors (Lipinski definition) is 2. The number of carbonyl (C=O) groups excluding carboxylic acids is 1. The molecule has 0 aromatic heterocycles. The van der Waals surface area contributed by atoms with Crippen molar-refractivity contribution in [1.82, 2.24) is 4.90 Å². The minimum atomic E-state index is -0.605. The van der Waals surface area contributed by atoms with E-state index in [9.17, 15) is 9.90 Å². The van der Waals surface area contributed by atoms with Crippen molar-refractivity contribution in [3.63, 3.8) is 0 Å². The molecule has 5 nitrogen and oxygen atoms in total. The average Bonchev–Trinajstić information content (AvgIpc) is 2.59. The summed E-state index contributed by atoms with van der Waals surface area (Å²) < 4.78 is 5.67. The topological polar surface area (TPSA) is 61.8 Å². The summed E-state index contributed by atoms with van der Waals surface area (Å²) in [6, 6.07) is 17.5. The van der Waals surface area contributed by atoms with E-state index in [-0.39, 0.29) is 12.5 Å². The van der Waals surface area contributed by atoms with Crippen molar-refractivity contribution in [2.24, 2.45) is 0 Å². The van der Waals surface area contributed by atoms with Crippen molar-refractivity contribution in [3.8, 4) is 5.75 Å². The molecule has 2 aromatic carbocycles. The Labute approximate surface area is 149 Å². The molecule has 1 unspecified atom stereocenters. The average molecular weight is 342 g/mol. The molecule has 0 aliphatic carbocycles. The van der Waals surface area contributed by atoms with Gasteiger partial charge in [-0.2, -0.15) is 0 Å². The van der Waals surface area contributed by atoms with Crippen LogP contribution in [-0.2, 0) is 11.2 Å². The molecule has 2 N–H and O–H groups in total. The molecule has 0 aliphatic heterocycles. The summed E-state index contributed by atoms with van der Waals surface area (Å²) in [5.74, 6) is 0.404. The quantitative estimate of drug-likeness (QED) is 0.735. The molecular formula is C20H26N2O3. The van der Waals surface area contributed by atoms with Crippen LogP contribution < -0.4 is 10.1 Å². The first-order chi connectivity index (χ1) is 12.0. The van der Waals surface area contributed by atoms with Crippen LogP contribution in [0.15, 0.2) is 54.6 Å². The number of ether oxygens (including phenoxy) is 1. The van der Waals surface area contributed by atoms with E-state index in [1.807, 2.05) is 37.4 Å². The Morgan fingerprint density at radius 3 is 2.56 bits per heavy atom. The molecule has 2 aromatic rings. The molecule has 1 amide bonds. The van der Waals surface area contributed by atoms with E-state index in [0.29, 0.717) is 18.0 Å². The van der Waals surface area contributed by atoms with E-state index in [1.54, 1.807) is 12.1 Å². The second kappa shape index (κ2) is 9.81. The summed E-state index contributed by atoms with van der Waals surface area (Å²) in [7, 11) is 1.98. The van der Waals surface area contributed by atoms with Crippen LogP contribution in [-0.4, -0.2) is 48.8 Å². The monoisotopic (exact) mass is 342 g/mol. The fourth-order valence-corrected chi connectivity index (χ4v) is 2.54. The molecule has 0 radical (unpaired) electrons. The minimum absolute atomic E-state index is 0.155. The Morgan fingerprint density at radius 2 is 1.84 bits per heavy atom. The molecule has 2 rings (SSSR count). The largest absolute Gasteiger partial charge is 0.489 e. The molecule has 1 atom stereocenters. The van der Waals surface area contributed by atoms with Crippen molar-refractivity contribution < 1.29 is 14.6 Å². The smallest absolute Gasteiger partial charge is 0.221 e. The van der Waals surface area contributed by atoms with Gasteiger partial charge in [0.15, 0.2) is 0 Å². The molecule has 0 saturated heterocycles. The number of rotatable bonds is 9. The highest BCUT2D eigenvalue weighted by Gasteiger charge is 2.11. The number of para-hydroxylation sites is 2. The second-order valence-electron chi connectivity index (χ2n) is 6.14. The number of likely N-dealkylation sites (N-methyl/N-ethyl adjacent to an activating group) is 1. The first-order valence-electron chi connectivity index (χ1n) is 8.44.